The molecule has 5 aromatic carbocycles. The highest BCUT2D eigenvalue weighted by atomic mass is 16.3. The first-order chi connectivity index (χ1) is 17.9. The second kappa shape index (κ2) is 7.27. The third kappa shape index (κ3) is 2.64. The predicted molar refractivity (Wildman–Crippen MR) is 147 cm³/mol. The molecule has 0 aliphatic carbocycles. The Morgan fingerprint density at radius 3 is 2.14 bits per heavy atom. The first-order valence-electron chi connectivity index (χ1n) is 12.0. The quantitative estimate of drug-likeness (QED) is 0.260. The minimum Gasteiger partial charge on any atom is -0.470 e. The minimum atomic E-state index is 0.633. The van der Waals surface area contributed by atoms with E-state index in [9.17, 15) is 0 Å². The monoisotopic (exact) mass is 461 g/mol. The fourth-order valence-corrected chi connectivity index (χ4v) is 5.54. The van der Waals surface area contributed by atoms with Gasteiger partial charge in [-0.3, -0.25) is 4.57 Å². The van der Waals surface area contributed by atoms with Crippen LogP contribution in [0.4, 0.5) is 0 Å². The molecular weight excluding hydrogens is 442 g/mol. The molecule has 4 nitrogen and oxygen atoms in total. The van der Waals surface area contributed by atoms with Gasteiger partial charge in [-0.15, -0.1) is 0 Å². The number of nitrogens with zero attached hydrogens (tertiary/aromatic N) is 3. The normalized spacial score (nSPS) is 11.9. The zero-order valence-electron chi connectivity index (χ0n) is 19.2. The lowest BCUT2D eigenvalue weighted by atomic mass is 10.0. The van der Waals surface area contributed by atoms with Crippen molar-refractivity contribution in [1.29, 1.82) is 0 Å². The number of furan rings is 1. The van der Waals surface area contributed by atoms with Gasteiger partial charge < -0.3 is 4.42 Å². The van der Waals surface area contributed by atoms with E-state index < -0.39 is 0 Å². The number of rotatable bonds is 2. The molecule has 0 saturated heterocycles. The van der Waals surface area contributed by atoms with Crippen LogP contribution in [0.25, 0.3) is 71.5 Å². The summed E-state index contributed by atoms with van der Waals surface area (Å²) in [5.41, 5.74) is 4.88. The Balaban J connectivity index is 1.51. The maximum atomic E-state index is 5.63. The van der Waals surface area contributed by atoms with E-state index in [1.807, 2.05) is 0 Å². The molecule has 0 atom stereocenters. The van der Waals surface area contributed by atoms with E-state index in [-0.39, 0.29) is 0 Å². The Morgan fingerprint density at radius 2 is 1.25 bits per heavy atom. The molecule has 0 N–H and O–H groups in total. The van der Waals surface area contributed by atoms with Crippen LogP contribution in [0, 0.1) is 0 Å². The molecule has 36 heavy (non-hydrogen) atoms. The van der Waals surface area contributed by atoms with E-state index in [1.165, 1.54) is 26.9 Å². The van der Waals surface area contributed by atoms with Crippen LogP contribution < -0.4 is 0 Å². The SMILES string of the molecule is c1ccc2c(-c3nc(-n4c5ccccc5c5c6ccccc6ccc54)nc4cocc34)cccc2c1. The molecule has 3 heterocycles. The third-order valence-corrected chi connectivity index (χ3v) is 7.14. The van der Waals surface area contributed by atoms with Gasteiger partial charge in [-0.1, -0.05) is 91.0 Å². The number of para-hydroxylation sites is 1. The highest BCUT2D eigenvalue weighted by Gasteiger charge is 2.19. The molecule has 0 aliphatic rings. The molecule has 3 aromatic heterocycles. The molecule has 0 amide bonds. The molecule has 0 spiro atoms. The van der Waals surface area contributed by atoms with Crippen molar-refractivity contribution < 1.29 is 4.42 Å². The maximum absolute atomic E-state index is 5.63. The predicted octanol–water partition coefficient (Wildman–Crippen LogP) is 8.29. The average Bonchev–Trinajstić information content (AvgIpc) is 3.55. The van der Waals surface area contributed by atoms with Gasteiger partial charge in [0, 0.05) is 16.3 Å². The van der Waals surface area contributed by atoms with Crippen molar-refractivity contribution in [3.05, 3.63) is 116 Å². The summed E-state index contributed by atoms with van der Waals surface area (Å²) in [6.45, 7) is 0. The van der Waals surface area contributed by atoms with Crippen LogP contribution in [0.15, 0.2) is 120 Å². The van der Waals surface area contributed by atoms with Crippen LogP contribution in [0.1, 0.15) is 0 Å². The Hall–Kier alpha value is -4.96. The lowest BCUT2D eigenvalue weighted by molar-refractivity contribution is 0.572. The van der Waals surface area contributed by atoms with Gasteiger partial charge in [-0.2, -0.15) is 0 Å². The van der Waals surface area contributed by atoms with Gasteiger partial charge in [0.15, 0.2) is 0 Å². The van der Waals surface area contributed by atoms with Gasteiger partial charge in [-0.05, 0) is 33.7 Å². The summed E-state index contributed by atoms with van der Waals surface area (Å²) in [5, 5.41) is 8.08. The van der Waals surface area contributed by atoms with Crippen LogP contribution in [0.3, 0.4) is 0 Å². The number of hydrogen-bond acceptors (Lipinski definition) is 3. The molecule has 8 rings (SSSR count). The molecule has 0 fully saturated rings. The summed E-state index contributed by atoms with van der Waals surface area (Å²) >= 11 is 0. The van der Waals surface area contributed by atoms with E-state index in [4.69, 9.17) is 14.4 Å². The molecule has 168 valence electrons. The second-order valence-electron chi connectivity index (χ2n) is 9.10. The van der Waals surface area contributed by atoms with Crippen molar-refractivity contribution in [2.24, 2.45) is 0 Å². The van der Waals surface area contributed by atoms with Gasteiger partial charge in [0.2, 0.25) is 5.95 Å². The Kier molecular flexibility index (Phi) is 3.91. The van der Waals surface area contributed by atoms with Crippen molar-refractivity contribution in [2.45, 2.75) is 0 Å². The summed E-state index contributed by atoms with van der Waals surface area (Å²) < 4.78 is 7.81. The van der Waals surface area contributed by atoms with Crippen LogP contribution in [-0.2, 0) is 0 Å². The van der Waals surface area contributed by atoms with Crippen molar-refractivity contribution in [2.75, 3.05) is 0 Å². The van der Waals surface area contributed by atoms with E-state index >= 15 is 0 Å². The number of aromatic nitrogens is 3. The molecule has 0 aliphatic heterocycles. The van der Waals surface area contributed by atoms with Crippen molar-refractivity contribution in [3.63, 3.8) is 0 Å². The van der Waals surface area contributed by atoms with Gasteiger partial charge in [0.1, 0.15) is 18.0 Å². The van der Waals surface area contributed by atoms with Gasteiger partial charge >= 0.3 is 0 Å². The van der Waals surface area contributed by atoms with E-state index in [1.54, 1.807) is 12.5 Å². The second-order valence-corrected chi connectivity index (χ2v) is 9.10. The maximum Gasteiger partial charge on any atom is 0.235 e. The number of benzene rings is 5. The number of hydrogen-bond donors (Lipinski definition) is 0. The fraction of sp³-hybridized carbons (Fsp3) is 0. The van der Waals surface area contributed by atoms with Crippen LogP contribution in [0.2, 0.25) is 0 Å². The van der Waals surface area contributed by atoms with Gasteiger partial charge in [0.05, 0.1) is 22.1 Å². The van der Waals surface area contributed by atoms with Crippen molar-refractivity contribution >= 4 is 54.3 Å². The molecule has 4 heteroatoms. The van der Waals surface area contributed by atoms with Gasteiger partial charge in [0.25, 0.3) is 0 Å². The van der Waals surface area contributed by atoms with Crippen LogP contribution >= 0.6 is 0 Å². The van der Waals surface area contributed by atoms with E-state index in [0.717, 1.165) is 38.6 Å². The standard InChI is InChI=1S/C32H19N3O/c1-3-11-22-20(8-1)10-7-14-24(22)31-26-18-36-19-27(26)33-32(34-31)35-28-15-6-5-13-25(28)30-23-12-4-2-9-21(23)16-17-29(30)35/h1-19H. The third-order valence-electron chi connectivity index (χ3n) is 7.14. The Morgan fingerprint density at radius 1 is 0.528 bits per heavy atom. The molecule has 0 radical (unpaired) electrons. The highest BCUT2D eigenvalue weighted by molar-refractivity contribution is 6.21. The van der Waals surface area contributed by atoms with Crippen LogP contribution in [0.5, 0.6) is 0 Å². The lowest BCUT2D eigenvalue weighted by Crippen LogP contribution is -2.02. The summed E-state index contributed by atoms with van der Waals surface area (Å²) in [5.74, 6) is 0.633. The Labute approximate surface area is 206 Å². The topological polar surface area (TPSA) is 43.9 Å². The van der Waals surface area contributed by atoms with Crippen molar-refractivity contribution in [3.8, 4) is 17.2 Å². The van der Waals surface area contributed by atoms with Gasteiger partial charge in [-0.25, -0.2) is 9.97 Å². The fourth-order valence-electron chi connectivity index (χ4n) is 5.54. The zero-order chi connectivity index (χ0) is 23.6. The lowest BCUT2D eigenvalue weighted by Gasteiger charge is -2.11. The largest absolute Gasteiger partial charge is 0.470 e. The smallest absolute Gasteiger partial charge is 0.235 e. The zero-order valence-corrected chi connectivity index (χ0v) is 19.2. The highest BCUT2D eigenvalue weighted by Crippen LogP contribution is 2.38. The average molecular weight is 462 g/mol. The first-order valence-corrected chi connectivity index (χ1v) is 12.0. The molecule has 0 bridgehead atoms. The number of fused-ring (bicyclic) bond motifs is 7. The summed E-state index contributed by atoms with van der Waals surface area (Å²) in [7, 11) is 0. The summed E-state index contributed by atoms with van der Waals surface area (Å²) in [6.07, 6.45) is 3.45. The van der Waals surface area contributed by atoms with E-state index in [2.05, 4.69) is 108 Å². The minimum absolute atomic E-state index is 0.633. The summed E-state index contributed by atoms with van der Waals surface area (Å²) in [4.78, 5) is 10.2. The molecular formula is C32H19N3O. The van der Waals surface area contributed by atoms with Crippen molar-refractivity contribution in [1.82, 2.24) is 14.5 Å². The molecule has 8 aromatic rings. The van der Waals surface area contributed by atoms with E-state index in [0.29, 0.717) is 5.95 Å². The Bertz CT molecular complexity index is 2110. The summed E-state index contributed by atoms with van der Waals surface area (Å²) in [6, 6.07) is 36.1. The molecule has 0 unspecified atom stereocenters. The van der Waals surface area contributed by atoms with Crippen LogP contribution in [-0.4, -0.2) is 14.5 Å². The molecule has 0 saturated carbocycles. The first kappa shape index (κ1) is 19.4.